The maximum absolute atomic E-state index is 12.1. The maximum Gasteiger partial charge on any atom is 0.271 e. The van der Waals surface area contributed by atoms with Crippen LogP contribution >= 0.6 is 0 Å². The third-order valence-electron chi connectivity index (χ3n) is 3.08. The highest BCUT2D eigenvalue weighted by molar-refractivity contribution is 5.93. The average Bonchev–Trinajstić information content (AvgIpc) is 2.32. The van der Waals surface area contributed by atoms with Crippen LogP contribution in [0.5, 0.6) is 0 Å². The van der Waals surface area contributed by atoms with Gasteiger partial charge in [0.1, 0.15) is 11.2 Å². The highest BCUT2D eigenvalue weighted by Crippen LogP contribution is 2.31. The molecular formula is C12H15N5O. The van der Waals surface area contributed by atoms with Crippen LogP contribution in [0, 0.1) is 18.3 Å². The zero-order valence-electron chi connectivity index (χ0n) is 10.4. The lowest BCUT2D eigenvalue weighted by Gasteiger charge is -2.35. The van der Waals surface area contributed by atoms with Crippen molar-refractivity contribution in [3.8, 4) is 6.07 Å². The zero-order valence-corrected chi connectivity index (χ0v) is 10.4. The summed E-state index contributed by atoms with van der Waals surface area (Å²) in [6, 6.07) is 3.78. The smallest absolute Gasteiger partial charge is 0.271 e. The predicted octanol–water partition coefficient (Wildman–Crippen LogP) is 1.00. The van der Waals surface area contributed by atoms with Gasteiger partial charge in [0.05, 0.1) is 6.07 Å². The van der Waals surface area contributed by atoms with Crippen LogP contribution in [0.4, 0.5) is 5.95 Å². The third-order valence-corrected chi connectivity index (χ3v) is 3.08. The predicted molar refractivity (Wildman–Crippen MR) is 66.0 cm³/mol. The topological polar surface area (TPSA) is 90.7 Å². The van der Waals surface area contributed by atoms with Crippen molar-refractivity contribution in [3.63, 3.8) is 0 Å². The van der Waals surface area contributed by atoms with Gasteiger partial charge in [-0.05, 0) is 32.3 Å². The summed E-state index contributed by atoms with van der Waals surface area (Å²) < 4.78 is 0. The highest BCUT2D eigenvalue weighted by atomic mass is 16.2. The van der Waals surface area contributed by atoms with Crippen LogP contribution < -0.4 is 10.6 Å². The first-order chi connectivity index (χ1) is 8.58. The van der Waals surface area contributed by atoms with E-state index in [1.54, 1.807) is 20.0 Å². The molecule has 1 saturated carbocycles. The second-order valence-corrected chi connectivity index (χ2v) is 4.47. The first-order valence-electron chi connectivity index (χ1n) is 5.86. The van der Waals surface area contributed by atoms with E-state index in [0.717, 1.165) is 6.42 Å². The molecule has 2 N–H and O–H groups in total. The fourth-order valence-electron chi connectivity index (χ4n) is 1.87. The molecule has 1 aromatic rings. The van der Waals surface area contributed by atoms with Gasteiger partial charge in [0, 0.05) is 12.7 Å². The summed E-state index contributed by atoms with van der Waals surface area (Å²) in [6.45, 7) is 1.79. The molecule has 0 radical (unpaired) electrons. The van der Waals surface area contributed by atoms with Gasteiger partial charge in [0.25, 0.3) is 5.91 Å². The monoisotopic (exact) mass is 245 g/mol. The molecule has 1 heterocycles. The quantitative estimate of drug-likeness (QED) is 0.829. The molecular weight excluding hydrogens is 230 g/mol. The Balaban J connectivity index is 2.19. The van der Waals surface area contributed by atoms with E-state index in [1.807, 2.05) is 0 Å². The second kappa shape index (κ2) is 4.61. The molecule has 0 aliphatic heterocycles. The van der Waals surface area contributed by atoms with Crippen LogP contribution in [0.15, 0.2) is 6.07 Å². The van der Waals surface area contributed by atoms with Crippen molar-refractivity contribution in [2.75, 3.05) is 12.4 Å². The summed E-state index contributed by atoms with van der Waals surface area (Å²) >= 11 is 0. The van der Waals surface area contributed by atoms with Gasteiger partial charge < -0.3 is 10.6 Å². The number of carbonyl (C=O) groups excluding carboxylic acids is 1. The Morgan fingerprint density at radius 2 is 2.22 bits per heavy atom. The molecule has 1 aliphatic rings. The van der Waals surface area contributed by atoms with Gasteiger partial charge in [0.15, 0.2) is 0 Å². The lowest BCUT2D eigenvalue weighted by Crippen LogP contribution is -2.52. The Kier molecular flexibility index (Phi) is 3.15. The second-order valence-electron chi connectivity index (χ2n) is 4.47. The Morgan fingerprint density at radius 3 is 2.72 bits per heavy atom. The van der Waals surface area contributed by atoms with Crippen molar-refractivity contribution in [1.29, 1.82) is 5.26 Å². The molecule has 94 valence electrons. The molecule has 0 spiro atoms. The van der Waals surface area contributed by atoms with E-state index < -0.39 is 5.54 Å². The molecule has 0 saturated heterocycles. The average molecular weight is 245 g/mol. The van der Waals surface area contributed by atoms with Gasteiger partial charge in [-0.15, -0.1) is 0 Å². The van der Waals surface area contributed by atoms with E-state index in [-0.39, 0.29) is 11.6 Å². The molecule has 0 aromatic carbocycles. The number of nitriles is 1. The molecule has 1 aliphatic carbocycles. The molecule has 1 fully saturated rings. The van der Waals surface area contributed by atoms with Crippen LogP contribution in [0.3, 0.4) is 0 Å². The Labute approximate surface area is 105 Å². The van der Waals surface area contributed by atoms with Crippen LogP contribution in [0.1, 0.15) is 35.4 Å². The van der Waals surface area contributed by atoms with E-state index >= 15 is 0 Å². The van der Waals surface area contributed by atoms with Crippen LogP contribution in [-0.4, -0.2) is 28.5 Å². The molecule has 0 bridgehead atoms. The Bertz CT molecular complexity index is 516. The molecule has 6 heteroatoms. The van der Waals surface area contributed by atoms with E-state index in [2.05, 4.69) is 26.7 Å². The molecule has 0 atom stereocenters. The molecule has 0 unspecified atom stereocenters. The van der Waals surface area contributed by atoms with Gasteiger partial charge in [-0.2, -0.15) is 5.26 Å². The number of hydrogen-bond donors (Lipinski definition) is 2. The number of rotatable bonds is 3. The number of aryl methyl sites for hydroxylation is 1. The van der Waals surface area contributed by atoms with Crippen molar-refractivity contribution in [2.24, 2.45) is 0 Å². The number of aromatic nitrogens is 2. The van der Waals surface area contributed by atoms with Gasteiger partial charge in [-0.1, -0.05) is 0 Å². The van der Waals surface area contributed by atoms with Crippen molar-refractivity contribution >= 4 is 11.9 Å². The molecule has 2 rings (SSSR count). The summed E-state index contributed by atoms with van der Waals surface area (Å²) in [5.74, 6) is 0.0815. The Morgan fingerprint density at radius 1 is 1.50 bits per heavy atom. The number of amides is 1. The lowest BCUT2D eigenvalue weighted by atomic mass is 9.78. The molecule has 1 aromatic heterocycles. The fourth-order valence-corrected chi connectivity index (χ4v) is 1.87. The van der Waals surface area contributed by atoms with Crippen LogP contribution in [0.2, 0.25) is 0 Å². The summed E-state index contributed by atoms with van der Waals surface area (Å²) in [5, 5.41) is 14.6. The number of nitrogens with one attached hydrogen (secondary N) is 2. The van der Waals surface area contributed by atoms with Gasteiger partial charge in [0.2, 0.25) is 5.95 Å². The van der Waals surface area contributed by atoms with E-state index in [9.17, 15) is 4.79 Å². The van der Waals surface area contributed by atoms with Gasteiger partial charge in [-0.25, -0.2) is 9.97 Å². The molecule has 1 amide bonds. The normalized spacial score (nSPS) is 16.3. The number of hydrogen-bond acceptors (Lipinski definition) is 5. The number of anilines is 1. The minimum atomic E-state index is -0.699. The van der Waals surface area contributed by atoms with Crippen LogP contribution in [-0.2, 0) is 0 Å². The lowest BCUT2D eigenvalue weighted by molar-refractivity contribution is 0.0876. The van der Waals surface area contributed by atoms with E-state index in [1.165, 1.54) is 0 Å². The van der Waals surface area contributed by atoms with Crippen molar-refractivity contribution in [3.05, 3.63) is 17.5 Å². The van der Waals surface area contributed by atoms with Crippen LogP contribution in [0.25, 0.3) is 0 Å². The third kappa shape index (κ3) is 2.25. The summed E-state index contributed by atoms with van der Waals surface area (Å²) in [7, 11) is 1.69. The minimum absolute atomic E-state index is 0.286. The summed E-state index contributed by atoms with van der Waals surface area (Å²) in [6.07, 6.45) is 2.38. The summed E-state index contributed by atoms with van der Waals surface area (Å²) in [4.78, 5) is 20.3. The Hall–Kier alpha value is -2.16. The fraction of sp³-hybridized carbons (Fsp3) is 0.500. The first-order valence-corrected chi connectivity index (χ1v) is 5.86. The standard InChI is InChI=1S/C12H15N5O/c1-8-6-9(16-11(14-2)15-8)10(18)17-12(7-13)4-3-5-12/h6H,3-5H2,1-2H3,(H,17,18)(H,14,15,16). The zero-order chi connectivity index (χ0) is 13.2. The highest BCUT2D eigenvalue weighted by Gasteiger charge is 2.39. The van der Waals surface area contributed by atoms with Crippen molar-refractivity contribution < 1.29 is 4.79 Å². The van der Waals surface area contributed by atoms with Gasteiger partial charge in [-0.3, -0.25) is 4.79 Å². The van der Waals surface area contributed by atoms with Crippen molar-refractivity contribution in [1.82, 2.24) is 15.3 Å². The summed E-state index contributed by atoms with van der Waals surface area (Å²) in [5.41, 5.74) is 0.294. The minimum Gasteiger partial charge on any atom is -0.357 e. The molecule has 6 nitrogen and oxygen atoms in total. The maximum atomic E-state index is 12.1. The largest absolute Gasteiger partial charge is 0.357 e. The van der Waals surface area contributed by atoms with E-state index in [4.69, 9.17) is 5.26 Å². The number of carbonyl (C=O) groups is 1. The van der Waals surface area contributed by atoms with Gasteiger partial charge >= 0.3 is 0 Å². The van der Waals surface area contributed by atoms with Crippen molar-refractivity contribution in [2.45, 2.75) is 31.7 Å². The molecule has 18 heavy (non-hydrogen) atoms. The SMILES string of the molecule is CNc1nc(C)cc(C(=O)NC2(C#N)CCC2)n1. The number of nitrogens with zero attached hydrogens (tertiary/aromatic N) is 3. The van der Waals surface area contributed by atoms with E-state index in [0.29, 0.717) is 24.5 Å². The first kappa shape index (κ1) is 12.3.